The molecule has 88 valence electrons. The molecule has 0 fully saturated rings. The highest BCUT2D eigenvalue weighted by Crippen LogP contribution is 2.12. The molecule has 0 bridgehead atoms. The lowest BCUT2D eigenvalue weighted by Crippen LogP contribution is -2.19. The Balaban J connectivity index is 2.55. The smallest absolute Gasteiger partial charge is 0.164 e. The van der Waals surface area contributed by atoms with E-state index >= 15 is 0 Å². The third-order valence-electron chi connectivity index (χ3n) is 2.65. The number of carbonyl (C=O) groups excluding carboxylic acids is 1. The number of carbonyl (C=O) groups is 1. The van der Waals surface area contributed by atoms with Crippen LogP contribution in [0.1, 0.15) is 41.3 Å². The van der Waals surface area contributed by atoms with Gasteiger partial charge in [0.25, 0.3) is 0 Å². The maximum Gasteiger partial charge on any atom is 0.164 e. The van der Waals surface area contributed by atoms with Crippen LogP contribution in [0.2, 0.25) is 0 Å². The van der Waals surface area contributed by atoms with Crippen molar-refractivity contribution in [2.45, 2.75) is 33.6 Å². The van der Waals surface area contributed by atoms with Crippen LogP contribution in [0.5, 0.6) is 0 Å². The Kier molecular flexibility index (Phi) is 5.20. The van der Waals surface area contributed by atoms with Crippen molar-refractivity contribution in [3.05, 3.63) is 34.9 Å². The van der Waals surface area contributed by atoms with Crippen LogP contribution in [-0.2, 0) is 0 Å². The van der Waals surface area contributed by atoms with Gasteiger partial charge in [-0.25, -0.2) is 0 Å². The molecule has 0 aromatic heterocycles. The topological polar surface area (TPSA) is 29.1 Å². The van der Waals surface area contributed by atoms with Crippen molar-refractivity contribution >= 4 is 5.78 Å². The summed E-state index contributed by atoms with van der Waals surface area (Å²) in [6.45, 7) is 7.90. The molecule has 0 aliphatic rings. The van der Waals surface area contributed by atoms with Crippen LogP contribution in [0.15, 0.2) is 18.2 Å². The Labute approximate surface area is 98.1 Å². The fourth-order valence-corrected chi connectivity index (χ4v) is 1.67. The van der Waals surface area contributed by atoms with E-state index in [-0.39, 0.29) is 5.78 Å². The SMILES string of the molecule is CCCNCCC(=O)c1cc(C)ccc1C. The standard InChI is InChI=1S/C14H21NO/c1-4-8-15-9-7-14(16)13-10-11(2)5-6-12(13)3/h5-6,10,15H,4,7-9H2,1-3H3. The minimum Gasteiger partial charge on any atom is -0.316 e. The largest absolute Gasteiger partial charge is 0.316 e. The molecule has 0 aliphatic carbocycles. The summed E-state index contributed by atoms with van der Waals surface area (Å²) in [5.41, 5.74) is 3.10. The minimum absolute atomic E-state index is 0.241. The van der Waals surface area contributed by atoms with Crippen molar-refractivity contribution in [1.82, 2.24) is 5.32 Å². The summed E-state index contributed by atoms with van der Waals surface area (Å²) >= 11 is 0. The van der Waals surface area contributed by atoms with Crippen molar-refractivity contribution in [3.8, 4) is 0 Å². The summed E-state index contributed by atoms with van der Waals surface area (Å²) in [7, 11) is 0. The molecule has 0 atom stereocenters. The number of hydrogen-bond acceptors (Lipinski definition) is 2. The van der Waals surface area contributed by atoms with Crippen molar-refractivity contribution in [3.63, 3.8) is 0 Å². The molecule has 0 unspecified atom stereocenters. The van der Waals surface area contributed by atoms with E-state index in [4.69, 9.17) is 0 Å². The molecule has 1 aromatic rings. The van der Waals surface area contributed by atoms with Gasteiger partial charge in [-0.05, 0) is 38.4 Å². The fraction of sp³-hybridized carbons (Fsp3) is 0.500. The molecule has 0 heterocycles. The van der Waals surface area contributed by atoms with Gasteiger partial charge in [-0.1, -0.05) is 24.6 Å². The predicted molar refractivity (Wildman–Crippen MR) is 68.0 cm³/mol. The van der Waals surface area contributed by atoms with Crippen LogP contribution >= 0.6 is 0 Å². The second-order valence-electron chi connectivity index (χ2n) is 4.24. The van der Waals surface area contributed by atoms with Gasteiger partial charge in [0, 0.05) is 18.5 Å². The summed E-state index contributed by atoms with van der Waals surface area (Å²) in [5.74, 6) is 0.241. The number of nitrogens with one attached hydrogen (secondary N) is 1. The molecule has 0 aliphatic heterocycles. The first-order chi connectivity index (χ1) is 7.65. The Morgan fingerprint density at radius 1 is 1.25 bits per heavy atom. The van der Waals surface area contributed by atoms with Gasteiger partial charge in [0.15, 0.2) is 5.78 Å². The highest BCUT2D eigenvalue weighted by molar-refractivity contribution is 5.97. The van der Waals surface area contributed by atoms with E-state index in [0.29, 0.717) is 6.42 Å². The molecule has 0 amide bonds. The summed E-state index contributed by atoms with van der Waals surface area (Å²) in [6.07, 6.45) is 1.70. The Bertz CT molecular complexity index is 358. The van der Waals surface area contributed by atoms with Crippen LogP contribution < -0.4 is 5.32 Å². The van der Waals surface area contributed by atoms with Crippen LogP contribution in [-0.4, -0.2) is 18.9 Å². The molecule has 2 heteroatoms. The van der Waals surface area contributed by atoms with E-state index in [9.17, 15) is 4.79 Å². The molecule has 2 nitrogen and oxygen atoms in total. The number of ketones is 1. The lowest BCUT2D eigenvalue weighted by molar-refractivity contribution is 0.0982. The van der Waals surface area contributed by atoms with E-state index in [1.54, 1.807) is 0 Å². The van der Waals surface area contributed by atoms with Gasteiger partial charge in [0.05, 0.1) is 0 Å². The first kappa shape index (κ1) is 12.9. The first-order valence-electron chi connectivity index (χ1n) is 5.96. The van der Waals surface area contributed by atoms with Gasteiger partial charge in [-0.3, -0.25) is 4.79 Å². The highest BCUT2D eigenvalue weighted by atomic mass is 16.1. The summed E-state index contributed by atoms with van der Waals surface area (Å²) in [5, 5.41) is 3.25. The molecule has 0 spiro atoms. The minimum atomic E-state index is 0.241. The average Bonchev–Trinajstić information content (AvgIpc) is 2.27. The lowest BCUT2D eigenvalue weighted by Gasteiger charge is -2.06. The lowest BCUT2D eigenvalue weighted by atomic mass is 10.0. The van der Waals surface area contributed by atoms with E-state index in [2.05, 4.69) is 12.2 Å². The molecule has 0 saturated heterocycles. The average molecular weight is 219 g/mol. The maximum absolute atomic E-state index is 11.9. The quantitative estimate of drug-likeness (QED) is 0.589. The second-order valence-corrected chi connectivity index (χ2v) is 4.24. The highest BCUT2D eigenvalue weighted by Gasteiger charge is 2.08. The normalized spacial score (nSPS) is 10.4. The monoisotopic (exact) mass is 219 g/mol. The maximum atomic E-state index is 11.9. The molecule has 16 heavy (non-hydrogen) atoms. The zero-order valence-corrected chi connectivity index (χ0v) is 10.5. The van der Waals surface area contributed by atoms with Crippen LogP contribution in [0.3, 0.4) is 0 Å². The first-order valence-corrected chi connectivity index (χ1v) is 5.96. The predicted octanol–water partition coefficient (Wildman–Crippen LogP) is 2.88. The van der Waals surface area contributed by atoms with E-state index in [0.717, 1.165) is 36.2 Å². The summed E-state index contributed by atoms with van der Waals surface area (Å²) < 4.78 is 0. The van der Waals surface area contributed by atoms with Gasteiger partial charge >= 0.3 is 0 Å². The van der Waals surface area contributed by atoms with Crippen LogP contribution in [0.25, 0.3) is 0 Å². The van der Waals surface area contributed by atoms with Crippen molar-refractivity contribution in [2.24, 2.45) is 0 Å². The summed E-state index contributed by atoms with van der Waals surface area (Å²) in [6, 6.07) is 6.04. The Morgan fingerprint density at radius 3 is 2.69 bits per heavy atom. The van der Waals surface area contributed by atoms with Gasteiger partial charge in [-0.15, -0.1) is 0 Å². The van der Waals surface area contributed by atoms with Crippen molar-refractivity contribution in [1.29, 1.82) is 0 Å². The third kappa shape index (κ3) is 3.78. The number of Topliss-reactive ketones (excluding diaryl/α,β-unsaturated/α-hetero) is 1. The summed E-state index contributed by atoms with van der Waals surface area (Å²) in [4.78, 5) is 11.9. The zero-order chi connectivity index (χ0) is 12.0. The molecule has 0 saturated carbocycles. The van der Waals surface area contributed by atoms with Crippen LogP contribution in [0.4, 0.5) is 0 Å². The van der Waals surface area contributed by atoms with E-state index < -0.39 is 0 Å². The Morgan fingerprint density at radius 2 is 2.00 bits per heavy atom. The number of benzene rings is 1. The van der Waals surface area contributed by atoms with Crippen molar-refractivity contribution < 1.29 is 4.79 Å². The van der Waals surface area contributed by atoms with Crippen molar-refractivity contribution in [2.75, 3.05) is 13.1 Å². The molecule has 1 aromatic carbocycles. The molecule has 0 radical (unpaired) electrons. The molecular weight excluding hydrogens is 198 g/mol. The number of rotatable bonds is 6. The third-order valence-corrected chi connectivity index (χ3v) is 2.65. The second kappa shape index (κ2) is 6.44. The van der Waals surface area contributed by atoms with Gasteiger partial charge in [0.1, 0.15) is 0 Å². The van der Waals surface area contributed by atoms with E-state index in [1.165, 1.54) is 0 Å². The molecular formula is C14H21NO. The zero-order valence-electron chi connectivity index (χ0n) is 10.5. The Hall–Kier alpha value is -1.15. The fourth-order valence-electron chi connectivity index (χ4n) is 1.67. The van der Waals surface area contributed by atoms with Crippen LogP contribution in [0, 0.1) is 13.8 Å². The molecule has 1 N–H and O–H groups in total. The molecule has 1 rings (SSSR count). The van der Waals surface area contributed by atoms with Gasteiger partial charge in [-0.2, -0.15) is 0 Å². The van der Waals surface area contributed by atoms with E-state index in [1.807, 2.05) is 32.0 Å². The number of aryl methyl sites for hydroxylation is 2. The van der Waals surface area contributed by atoms with Gasteiger partial charge < -0.3 is 5.32 Å². The van der Waals surface area contributed by atoms with Gasteiger partial charge in [0.2, 0.25) is 0 Å². The number of hydrogen-bond donors (Lipinski definition) is 1.